The minimum Gasteiger partial charge on any atom is -0.398 e. The number of anilines is 1. The number of nitrogens with two attached hydrogens (primary N) is 1. The molecule has 76 valence electrons. The second kappa shape index (κ2) is 3.82. The molecule has 0 saturated heterocycles. The van der Waals surface area contributed by atoms with Crippen molar-refractivity contribution in [1.82, 2.24) is 0 Å². The van der Waals surface area contributed by atoms with Crippen LogP contribution in [-0.4, -0.2) is 5.78 Å². The highest BCUT2D eigenvalue weighted by molar-refractivity contribution is 5.99. The van der Waals surface area contributed by atoms with Gasteiger partial charge in [-0.3, -0.25) is 4.79 Å². The molecule has 0 aliphatic carbocycles. The molecule has 1 aromatic carbocycles. The van der Waals surface area contributed by atoms with Gasteiger partial charge in [-0.05, 0) is 37.0 Å². The van der Waals surface area contributed by atoms with Crippen molar-refractivity contribution in [2.45, 2.75) is 33.6 Å². The van der Waals surface area contributed by atoms with Gasteiger partial charge in [0.05, 0.1) is 0 Å². The molecule has 0 unspecified atom stereocenters. The summed E-state index contributed by atoms with van der Waals surface area (Å²) in [5.41, 5.74) is 9.50. The molecule has 0 aromatic heterocycles. The maximum absolute atomic E-state index is 11.3. The summed E-state index contributed by atoms with van der Waals surface area (Å²) in [6, 6.07) is 3.77. The minimum atomic E-state index is 0.0319. The average molecular weight is 191 g/mol. The molecule has 0 saturated carbocycles. The van der Waals surface area contributed by atoms with Gasteiger partial charge in [-0.2, -0.15) is 0 Å². The summed E-state index contributed by atoms with van der Waals surface area (Å²) in [4.78, 5) is 11.3. The van der Waals surface area contributed by atoms with Crippen LogP contribution in [0.1, 0.15) is 48.2 Å². The maximum atomic E-state index is 11.3. The van der Waals surface area contributed by atoms with Gasteiger partial charge in [0.1, 0.15) is 0 Å². The van der Waals surface area contributed by atoms with Crippen molar-refractivity contribution in [1.29, 1.82) is 0 Å². The molecule has 1 rings (SSSR count). The molecule has 14 heavy (non-hydrogen) atoms. The van der Waals surface area contributed by atoms with E-state index in [1.165, 1.54) is 0 Å². The predicted octanol–water partition coefficient (Wildman–Crippen LogP) is 2.90. The number of rotatable bonds is 2. The van der Waals surface area contributed by atoms with Crippen LogP contribution in [0.4, 0.5) is 5.69 Å². The lowest BCUT2D eigenvalue weighted by molar-refractivity contribution is 0.101. The zero-order valence-electron chi connectivity index (χ0n) is 9.22. The fourth-order valence-electron chi connectivity index (χ4n) is 1.82. The van der Waals surface area contributed by atoms with Gasteiger partial charge < -0.3 is 5.73 Å². The zero-order chi connectivity index (χ0) is 10.9. The second-order valence-electron chi connectivity index (χ2n) is 3.97. The first-order chi connectivity index (χ1) is 6.45. The number of benzene rings is 1. The van der Waals surface area contributed by atoms with Gasteiger partial charge in [0, 0.05) is 11.3 Å². The molecule has 1 aromatic rings. The average Bonchev–Trinajstić information content (AvgIpc) is 2.02. The highest BCUT2D eigenvalue weighted by Gasteiger charge is 2.13. The normalized spacial score (nSPS) is 10.6. The third kappa shape index (κ3) is 1.79. The number of ketones is 1. The topological polar surface area (TPSA) is 43.1 Å². The number of hydrogen-bond donors (Lipinski definition) is 1. The Balaban J connectivity index is 3.41. The molecule has 0 aliphatic heterocycles. The molecule has 0 aliphatic rings. The summed E-state index contributed by atoms with van der Waals surface area (Å²) >= 11 is 0. The number of carbonyl (C=O) groups excluding carboxylic acids is 1. The second-order valence-corrected chi connectivity index (χ2v) is 3.97. The van der Waals surface area contributed by atoms with E-state index in [0.717, 1.165) is 11.1 Å². The summed E-state index contributed by atoms with van der Waals surface area (Å²) in [6.45, 7) is 7.74. The van der Waals surface area contributed by atoms with E-state index in [9.17, 15) is 4.79 Å². The van der Waals surface area contributed by atoms with Crippen molar-refractivity contribution in [2.75, 3.05) is 5.73 Å². The van der Waals surface area contributed by atoms with Crippen LogP contribution >= 0.6 is 0 Å². The lowest BCUT2D eigenvalue weighted by Crippen LogP contribution is -2.06. The van der Waals surface area contributed by atoms with E-state index in [1.807, 2.05) is 13.0 Å². The Bertz CT molecular complexity index is 367. The predicted molar refractivity (Wildman–Crippen MR) is 59.7 cm³/mol. The Hall–Kier alpha value is -1.31. The molecule has 2 N–H and O–H groups in total. The summed E-state index contributed by atoms with van der Waals surface area (Å²) < 4.78 is 0. The molecule has 0 fully saturated rings. The number of aryl methyl sites for hydroxylation is 1. The molecule has 0 radical (unpaired) electrons. The van der Waals surface area contributed by atoms with Crippen molar-refractivity contribution in [3.63, 3.8) is 0 Å². The number of carbonyl (C=O) groups is 1. The van der Waals surface area contributed by atoms with Gasteiger partial charge in [0.2, 0.25) is 0 Å². The van der Waals surface area contributed by atoms with E-state index in [-0.39, 0.29) is 5.78 Å². The largest absolute Gasteiger partial charge is 0.398 e. The molecule has 0 bridgehead atoms. The zero-order valence-corrected chi connectivity index (χ0v) is 9.22. The Morgan fingerprint density at radius 3 is 2.36 bits per heavy atom. The van der Waals surface area contributed by atoms with Crippen LogP contribution in [0, 0.1) is 6.92 Å². The highest BCUT2D eigenvalue weighted by Crippen LogP contribution is 2.28. The van der Waals surface area contributed by atoms with E-state index in [0.29, 0.717) is 17.2 Å². The SMILES string of the molecule is CC(=O)c1ccc(C)c(C(C)C)c1N. The van der Waals surface area contributed by atoms with Crippen LogP contribution in [-0.2, 0) is 0 Å². The monoisotopic (exact) mass is 191 g/mol. The van der Waals surface area contributed by atoms with E-state index >= 15 is 0 Å². The van der Waals surface area contributed by atoms with Crippen LogP contribution < -0.4 is 5.73 Å². The lowest BCUT2D eigenvalue weighted by atomic mass is 9.92. The van der Waals surface area contributed by atoms with Crippen LogP contribution in [0.2, 0.25) is 0 Å². The molecule has 0 spiro atoms. The molecule has 2 nitrogen and oxygen atoms in total. The Morgan fingerprint density at radius 2 is 1.93 bits per heavy atom. The summed E-state index contributed by atoms with van der Waals surface area (Å²) in [5.74, 6) is 0.388. The Labute approximate surface area is 85.1 Å². The number of Topliss-reactive ketones (excluding diaryl/α,β-unsaturated/α-hetero) is 1. The summed E-state index contributed by atoms with van der Waals surface area (Å²) in [6.07, 6.45) is 0. The Morgan fingerprint density at radius 1 is 1.36 bits per heavy atom. The van der Waals surface area contributed by atoms with Gasteiger partial charge in [0.25, 0.3) is 0 Å². The van der Waals surface area contributed by atoms with Crippen LogP contribution in [0.15, 0.2) is 12.1 Å². The quantitative estimate of drug-likeness (QED) is 0.577. The van der Waals surface area contributed by atoms with E-state index in [4.69, 9.17) is 5.73 Å². The number of hydrogen-bond acceptors (Lipinski definition) is 2. The third-order valence-corrected chi connectivity index (χ3v) is 2.46. The first-order valence-electron chi connectivity index (χ1n) is 4.85. The van der Waals surface area contributed by atoms with Crippen molar-refractivity contribution in [2.24, 2.45) is 0 Å². The molecular formula is C12H17NO. The van der Waals surface area contributed by atoms with E-state index in [2.05, 4.69) is 13.8 Å². The molecule has 0 heterocycles. The van der Waals surface area contributed by atoms with Gasteiger partial charge >= 0.3 is 0 Å². The summed E-state index contributed by atoms with van der Waals surface area (Å²) in [7, 11) is 0. The van der Waals surface area contributed by atoms with Crippen molar-refractivity contribution in [3.05, 3.63) is 28.8 Å². The van der Waals surface area contributed by atoms with Crippen LogP contribution in [0.25, 0.3) is 0 Å². The van der Waals surface area contributed by atoms with Gasteiger partial charge in [-0.1, -0.05) is 19.9 Å². The number of nitrogen functional groups attached to an aromatic ring is 1. The van der Waals surface area contributed by atoms with Gasteiger partial charge in [0.15, 0.2) is 5.78 Å². The van der Waals surface area contributed by atoms with Crippen molar-refractivity contribution >= 4 is 11.5 Å². The minimum absolute atomic E-state index is 0.0319. The molecule has 0 atom stereocenters. The van der Waals surface area contributed by atoms with Gasteiger partial charge in [-0.25, -0.2) is 0 Å². The molecule has 2 heteroatoms. The first-order valence-corrected chi connectivity index (χ1v) is 4.85. The fourth-order valence-corrected chi connectivity index (χ4v) is 1.82. The third-order valence-electron chi connectivity index (χ3n) is 2.46. The van der Waals surface area contributed by atoms with Crippen LogP contribution in [0.3, 0.4) is 0 Å². The van der Waals surface area contributed by atoms with Crippen molar-refractivity contribution < 1.29 is 4.79 Å². The summed E-state index contributed by atoms with van der Waals surface area (Å²) in [5, 5.41) is 0. The smallest absolute Gasteiger partial charge is 0.161 e. The van der Waals surface area contributed by atoms with Gasteiger partial charge in [-0.15, -0.1) is 0 Å². The van der Waals surface area contributed by atoms with E-state index in [1.54, 1.807) is 13.0 Å². The highest BCUT2D eigenvalue weighted by atomic mass is 16.1. The lowest BCUT2D eigenvalue weighted by Gasteiger charge is -2.15. The van der Waals surface area contributed by atoms with Crippen molar-refractivity contribution in [3.8, 4) is 0 Å². The Kier molecular flexibility index (Phi) is 2.94. The van der Waals surface area contributed by atoms with Crippen LogP contribution in [0.5, 0.6) is 0 Å². The first kappa shape index (κ1) is 10.8. The molecule has 0 amide bonds. The fraction of sp³-hybridized carbons (Fsp3) is 0.417. The standard InChI is InChI=1S/C12H17NO/c1-7(2)11-8(3)5-6-10(9(4)14)12(11)13/h5-7H,13H2,1-4H3. The molecular weight excluding hydrogens is 174 g/mol. The van der Waals surface area contributed by atoms with E-state index < -0.39 is 0 Å². The maximum Gasteiger partial charge on any atom is 0.161 e.